The van der Waals surface area contributed by atoms with Gasteiger partial charge in [0.25, 0.3) is 0 Å². The van der Waals surface area contributed by atoms with E-state index in [4.69, 9.17) is 4.74 Å². The lowest BCUT2D eigenvalue weighted by Crippen LogP contribution is -2.45. The third-order valence-electron chi connectivity index (χ3n) is 4.08. The maximum Gasteiger partial charge on any atom is 0.191 e. The number of rotatable bonds is 9. The summed E-state index contributed by atoms with van der Waals surface area (Å²) in [5.74, 6) is 2.46. The van der Waals surface area contributed by atoms with Crippen molar-refractivity contribution in [2.75, 3.05) is 41.3 Å². The number of benzene rings is 1. The quantitative estimate of drug-likeness (QED) is 0.337. The highest BCUT2D eigenvalue weighted by molar-refractivity contribution is 14.0. The van der Waals surface area contributed by atoms with E-state index < -0.39 is 0 Å². The monoisotopic (exact) mass is 462 g/mol. The van der Waals surface area contributed by atoms with Gasteiger partial charge in [-0.2, -0.15) is 0 Å². The van der Waals surface area contributed by atoms with Gasteiger partial charge in [-0.15, -0.1) is 24.0 Å². The molecule has 0 aliphatic rings. The zero-order chi connectivity index (χ0) is 17.9. The molecular formula is C19H35IN4O. The van der Waals surface area contributed by atoms with Crippen molar-refractivity contribution in [2.24, 2.45) is 10.9 Å². The van der Waals surface area contributed by atoms with Gasteiger partial charge < -0.3 is 20.3 Å². The Bertz CT molecular complexity index is 506. The van der Waals surface area contributed by atoms with Gasteiger partial charge in [-0.05, 0) is 44.5 Å². The highest BCUT2D eigenvalue weighted by Crippen LogP contribution is 2.17. The summed E-state index contributed by atoms with van der Waals surface area (Å²) in [5.41, 5.74) is 1.20. The first-order chi connectivity index (χ1) is 11.5. The van der Waals surface area contributed by atoms with Crippen molar-refractivity contribution < 1.29 is 4.74 Å². The number of likely N-dealkylation sites (N-methyl/N-ethyl adjacent to an activating group) is 1. The number of hydrogen-bond acceptors (Lipinski definition) is 3. The minimum Gasteiger partial charge on any atom is -0.496 e. The maximum absolute atomic E-state index is 5.39. The largest absolute Gasteiger partial charge is 0.496 e. The summed E-state index contributed by atoms with van der Waals surface area (Å²) in [6.45, 7) is 6.23. The second kappa shape index (κ2) is 13.2. The van der Waals surface area contributed by atoms with E-state index >= 15 is 0 Å². The molecule has 6 heteroatoms. The molecule has 1 unspecified atom stereocenters. The van der Waals surface area contributed by atoms with Crippen LogP contribution in [0, 0.1) is 5.92 Å². The maximum atomic E-state index is 5.39. The molecule has 25 heavy (non-hydrogen) atoms. The minimum atomic E-state index is 0. The third kappa shape index (κ3) is 9.30. The molecule has 0 fully saturated rings. The predicted octanol–water partition coefficient (Wildman–Crippen LogP) is 3.00. The molecule has 5 nitrogen and oxygen atoms in total. The van der Waals surface area contributed by atoms with Gasteiger partial charge in [0.05, 0.1) is 7.11 Å². The Balaban J connectivity index is 0.00000576. The van der Waals surface area contributed by atoms with Crippen molar-refractivity contribution in [3.8, 4) is 5.75 Å². The van der Waals surface area contributed by atoms with Crippen LogP contribution in [0.5, 0.6) is 5.75 Å². The molecule has 0 saturated heterocycles. The van der Waals surface area contributed by atoms with Crippen LogP contribution in [-0.4, -0.2) is 58.2 Å². The van der Waals surface area contributed by atoms with E-state index in [0.717, 1.165) is 37.6 Å². The van der Waals surface area contributed by atoms with Gasteiger partial charge >= 0.3 is 0 Å². The Kier molecular flexibility index (Phi) is 12.7. The lowest BCUT2D eigenvalue weighted by Gasteiger charge is -2.27. The lowest BCUT2D eigenvalue weighted by atomic mass is 10.0. The van der Waals surface area contributed by atoms with E-state index in [1.54, 1.807) is 7.11 Å². The topological polar surface area (TPSA) is 48.9 Å². The smallest absolute Gasteiger partial charge is 0.191 e. The lowest BCUT2D eigenvalue weighted by molar-refractivity contribution is 0.254. The van der Waals surface area contributed by atoms with Crippen LogP contribution in [0.2, 0.25) is 0 Å². The zero-order valence-electron chi connectivity index (χ0n) is 16.5. The average Bonchev–Trinajstić information content (AvgIpc) is 2.56. The van der Waals surface area contributed by atoms with Crippen LogP contribution in [0.1, 0.15) is 25.8 Å². The van der Waals surface area contributed by atoms with Crippen molar-refractivity contribution >= 4 is 29.9 Å². The van der Waals surface area contributed by atoms with Gasteiger partial charge in [-0.3, -0.25) is 4.99 Å². The standard InChI is InChI=1S/C19H34N4O.HI/c1-15(2)13-17(23(4)5)14-22-19(20-3)21-12-11-16-9-7-8-10-18(16)24-6;/h7-10,15,17H,11-14H2,1-6H3,(H2,20,21,22);1H. The molecule has 0 amide bonds. The van der Waals surface area contributed by atoms with Gasteiger partial charge in [0, 0.05) is 26.2 Å². The van der Waals surface area contributed by atoms with Gasteiger partial charge in [0.2, 0.25) is 0 Å². The number of guanidine groups is 1. The first-order valence-electron chi connectivity index (χ1n) is 8.70. The summed E-state index contributed by atoms with van der Waals surface area (Å²) in [6.07, 6.45) is 2.06. The van der Waals surface area contributed by atoms with Gasteiger partial charge in [0.15, 0.2) is 5.96 Å². The van der Waals surface area contributed by atoms with Crippen LogP contribution < -0.4 is 15.4 Å². The molecule has 1 aromatic carbocycles. The first kappa shape index (κ1) is 24.0. The number of hydrogen-bond donors (Lipinski definition) is 2. The van der Waals surface area contributed by atoms with E-state index in [-0.39, 0.29) is 24.0 Å². The summed E-state index contributed by atoms with van der Waals surface area (Å²) in [7, 11) is 7.79. The molecule has 0 aliphatic carbocycles. The predicted molar refractivity (Wildman–Crippen MR) is 118 cm³/mol. The van der Waals surface area contributed by atoms with Gasteiger partial charge in [-0.25, -0.2) is 0 Å². The molecule has 1 atom stereocenters. The van der Waals surface area contributed by atoms with Crippen LogP contribution in [0.25, 0.3) is 0 Å². The zero-order valence-corrected chi connectivity index (χ0v) is 18.8. The highest BCUT2D eigenvalue weighted by Gasteiger charge is 2.13. The number of halogens is 1. The number of ether oxygens (including phenoxy) is 1. The molecule has 0 saturated carbocycles. The van der Waals surface area contributed by atoms with Crippen molar-refractivity contribution in [1.82, 2.24) is 15.5 Å². The molecule has 1 rings (SSSR count). The van der Waals surface area contributed by atoms with Gasteiger partial charge in [0.1, 0.15) is 5.75 Å². The number of nitrogens with zero attached hydrogens (tertiary/aromatic N) is 2. The number of para-hydroxylation sites is 1. The molecule has 0 radical (unpaired) electrons. The molecule has 0 spiro atoms. The Morgan fingerprint density at radius 1 is 1.20 bits per heavy atom. The fourth-order valence-corrected chi connectivity index (χ4v) is 2.68. The molecule has 0 aliphatic heterocycles. The Morgan fingerprint density at radius 3 is 2.44 bits per heavy atom. The van der Waals surface area contributed by atoms with Crippen LogP contribution in [0.15, 0.2) is 29.3 Å². The molecule has 0 bridgehead atoms. The fraction of sp³-hybridized carbons (Fsp3) is 0.632. The van der Waals surface area contributed by atoms with Crippen LogP contribution in [-0.2, 0) is 6.42 Å². The van der Waals surface area contributed by atoms with Crippen molar-refractivity contribution in [1.29, 1.82) is 0 Å². The number of methoxy groups -OCH3 is 1. The van der Waals surface area contributed by atoms with E-state index in [2.05, 4.69) is 54.5 Å². The van der Waals surface area contributed by atoms with E-state index in [9.17, 15) is 0 Å². The Morgan fingerprint density at radius 2 is 1.88 bits per heavy atom. The second-order valence-corrected chi connectivity index (χ2v) is 6.69. The molecular weight excluding hydrogens is 427 g/mol. The van der Waals surface area contributed by atoms with Crippen molar-refractivity contribution in [2.45, 2.75) is 32.7 Å². The van der Waals surface area contributed by atoms with Crippen molar-refractivity contribution in [3.05, 3.63) is 29.8 Å². The summed E-state index contributed by atoms with van der Waals surface area (Å²) < 4.78 is 5.39. The first-order valence-corrected chi connectivity index (χ1v) is 8.70. The van der Waals surface area contributed by atoms with E-state index in [1.165, 1.54) is 5.56 Å². The normalized spacial score (nSPS) is 12.7. The van der Waals surface area contributed by atoms with Crippen LogP contribution in [0.4, 0.5) is 0 Å². The van der Waals surface area contributed by atoms with Gasteiger partial charge in [-0.1, -0.05) is 32.0 Å². The van der Waals surface area contributed by atoms with E-state index in [1.807, 2.05) is 25.2 Å². The summed E-state index contributed by atoms with van der Waals surface area (Å²) >= 11 is 0. The van der Waals surface area contributed by atoms with Crippen LogP contribution >= 0.6 is 24.0 Å². The summed E-state index contributed by atoms with van der Waals surface area (Å²) in [6, 6.07) is 8.63. The summed E-state index contributed by atoms with van der Waals surface area (Å²) in [5, 5.41) is 6.82. The molecule has 2 N–H and O–H groups in total. The summed E-state index contributed by atoms with van der Waals surface area (Å²) in [4.78, 5) is 6.59. The van der Waals surface area contributed by atoms with Crippen LogP contribution in [0.3, 0.4) is 0 Å². The number of aliphatic imine (C=N–C) groups is 1. The second-order valence-electron chi connectivity index (χ2n) is 6.69. The third-order valence-corrected chi connectivity index (χ3v) is 4.08. The molecule has 1 aromatic rings. The SMILES string of the molecule is CN=C(NCCc1ccccc1OC)NCC(CC(C)C)N(C)C.I. The molecule has 0 aromatic heterocycles. The van der Waals surface area contributed by atoms with Crippen molar-refractivity contribution in [3.63, 3.8) is 0 Å². The number of nitrogens with one attached hydrogen (secondary N) is 2. The Hall–Kier alpha value is -1.02. The average molecular weight is 462 g/mol. The molecule has 0 heterocycles. The highest BCUT2D eigenvalue weighted by atomic mass is 127. The fourth-order valence-electron chi connectivity index (χ4n) is 2.68. The Labute approximate surface area is 170 Å². The van der Waals surface area contributed by atoms with E-state index in [0.29, 0.717) is 12.0 Å². The molecule has 144 valence electrons. The minimum absolute atomic E-state index is 0.